The Hall–Kier alpha value is -1.75. The monoisotopic (exact) mass is 247 g/mol. The molecule has 1 aromatic rings. The summed E-state index contributed by atoms with van der Waals surface area (Å²) in [6.07, 6.45) is 5.20. The number of rotatable bonds is 3. The first-order chi connectivity index (χ1) is 8.75. The quantitative estimate of drug-likeness (QED) is 0.505. The molecule has 5 heteroatoms. The third-order valence-corrected chi connectivity index (χ3v) is 3.04. The summed E-state index contributed by atoms with van der Waals surface area (Å²) in [4.78, 5) is 14.8. The van der Waals surface area contributed by atoms with Gasteiger partial charge in [-0.25, -0.2) is 0 Å². The zero-order valence-corrected chi connectivity index (χ0v) is 10.2. The predicted octanol–water partition coefficient (Wildman–Crippen LogP) is 2.16. The largest absolute Gasteiger partial charge is 0.315 e. The van der Waals surface area contributed by atoms with Crippen molar-refractivity contribution < 1.29 is 4.92 Å². The standard InChI is InChI=1S/C13H17N3O2/c17-16(18)13-6-3-4-11(8-13)9-15-12-5-1-2-7-14-10-12/h3-4,6,8-9,12,14H,1-2,5,7,10H2/t12-/m1/s1. The summed E-state index contributed by atoms with van der Waals surface area (Å²) in [7, 11) is 0. The molecule has 1 N–H and O–H groups in total. The minimum atomic E-state index is -0.384. The molecule has 0 aliphatic carbocycles. The van der Waals surface area contributed by atoms with Crippen molar-refractivity contribution in [3.05, 3.63) is 39.9 Å². The van der Waals surface area contributed by atoms with Gasteiger partial charge in [-0.15, -0.1) is 0 Å². The first-order valence-electron chi connectivity index (χ1n) is 6.24. The normalized spacial score (nSPS) is 20.8. The molecule has 0 spiro atoms. The van der Waals surface area contributed by atoms with Crippen LogP contribution in [0.4, 0.5) is 5.69 Å². The van der Waals surface area contributed by atoms with Crippen molar-refractivity contribution in [1.29, 1.82) is 0 Å². The van der Waals surface area contributed by atoms with Crippen molar-refractivity contribution in [2.75, 3.05) is 13.1 Å². The molecule has 5 nitrogen and oxygen atoms in total. The van der Waals surface area contributed by atoms with Crippen LogP contribution in [0, 0.1) is 10.1 Å². The molecular weight excluding hydrogens is 230 g/mol. The van der Waals surface area contributed by atoms with Crippen LogP contribution in [0.1, 0.15) is 24.8 Å². The smallest absolute Gasteiger partial charge is 0.270 e. The number of aliphatic imine (C=N–C) groups is 1. The molecule has 0 saturated carbocycles. The molecule has 2 rings (SSSR count). The van der Waals surface area contributed by atoms with Crippen LogP contribution in [0.3, 0.4) is 0 Å². The molecule has 0 radical (unpaired) electrons. The second kappa shape index (κ2) is 6.26. The molecule has 1 heterocycles. The van der Waals surface area contributed by atoms with E-state index in [-0.39, 0.29) is 16.7 Å². The number of nitrogens with one attached hydrogen (secondary N) is 1. The molecule has 1 aliphatic heterocycles. The third-order valence-electron chi connectivity index (χ3n) is 3.04. The van der Waals surface area contributed by atoms with Gasteiger partial charge >= 0.3 is 0 Å². The Morgan fingerprint density at radius 1 is 1.44 bits per heavy atom. The number of hydrogen-bond acceptors (Lipinski definition) is 4. The zero-order valence-electron chi connectivity index (χ0n) is 10.2. The van der Waals surface area contributed by atoms with Crippen LogP contribution < -0.4 is 5.32 Å². The van der Waals surface area contributed by atoms with Crippen molar-refractivity contribution in [2.24, 2.45) is 4.99 Å². The van der Waals surface area contributed by atoms with E-state index in [4.69, 9.17) is 0 Å². The van der Waals surface area contributed by atoms with Gasteiger partial charge in [0.1, 0.15) is 0 Å². The Morgan fingerprint density at radius 3 is 3.17 bits per heavy atom. The van der Waals surface area contributed by atoms with Gasteiger partial charge in [0.25, 0.3) is 5.69 Å². The lowest BCUT2D eigenvalue weighted by molar-refractivity contribution is -0.384. The van der Waals surface area contributed by atoms with Crippen LogP contribution in [0.15, 0.2) is 29.3 Å². The molecule has 0 amide bonds. The number of nitro benzene ring substituents is 1. The van der Waals surface area contributed by atoms with Crippen LogP contribution in [-0.2, 0) is 0 Å². The van der Waals surface area contributed by atoms with Crippen molar-refractivity contribution in [1.82, 2.24) is 5.32 Å². The van der Waals surface area contributed by atoms with Crippen molar-refractivity contribution in [2.45, 2.75) is 25.3 Å². The average Bonchev–Trinajstić information content (AvgIpc) is 2.65. The lowest BCUT2D eigenvalue weighted by atomic mass is 10.1. The molecule has 1 atom stereocenters. The second-order valence-electron chi connectivity index (χ2n) is 4.48. The van der Waals surface area contributed by atoms with E-state index < -0.39 is 0 Å². The number of nitrogens with zero attached hydrogens (tertiary/aromatic N) is 2. The van der Waals surface area contributed by atoms with Gasteiger partial charge in [-0.1, -0.05) is 18.6 Å². The summed E-state index contributed by atoms with van der Waals surface area (Å²) in [6, 6.07) is 6.84. The number of benzene rings is 1. The van der Waals surface area contributed by atoms with Crippen LogP contribution in [0.5, 0.6) is 0 Å². The Kier molecular flexibility index (Phi) is 4.41. The highest BCUT2D eigenvalue weighted by Crippen LogP contribution is 2.12. The zero-order chi connectivity index (χ0) is 12.8. The van der Waals surface area contributed by atoms with Gasteiger partial charge in [0.15, 0.2) is 0 Å². The summed E-state index contributed by atoms with van der Waals surface area (Å²) in [5.74, 6) is 0. The van der Waals surface area contributed by atoms with Gasteiger partial charge < -0.3 is 5.32 Å². The molecule has 1 saturated heterocycles. The minimum Gasteiger partial charge on any atom is -0.315 e. The molecule has 18 heavy (non-hydrogen) atoms. The molecule has 1 aromatic carbocycles. The Labute approximate surface area is 106 Å². The van der Waals surface area contributed by atoms with Gasteiger partial charge in [0, 0.05) is 24.9 Å². The van der Waals surface area contributed by atoms with Crippen molar-refractivity contribution >= 4 is 11.9 Å². The SMILES string of the molecule is O=[N+]([O-])c1cccc(C=N[C@@H]2CCCCNC2)c1. The Bertz CT molecular complexity index is 438. The molecule has 0 bridgehead atoms. The Morgan fingerprint density at radius 2 is 2.33 bits per heavy atom. The summed E-state index contributed by atoms with van der Waals surface area (Å²) in [5.41, 5.74) is 0.895. The minimum absolute atomic E-state index is 0.109. The van der Waals surface area contributed by atoms with Crippen LogP contribution in [0.25, 0.3) is 0 Å². The average molecular weight is 247 g/mol. The highest BCUT2D eigenvalue weighted by Gasteiger charge is 2.09. The van der Waals surface area contributed by atoms with E-state index >= 15 is 0 Å². The molecule has 0 aromatic heterocycles. The maximum absolute atomic E-state index is 10.7. The van der Waals surface area contributed by atoms with Crippen LogP contribution in [0.2, 0.25) is 0 Å². The maximum atomic E-state index is 10.7. The molecule has 0 unspecified atom stereocenters. The van der Waals surface area contributed by atoms with Gasteiger partial charge in [-0.05, 0) is 24.9 Å². The number of non-ortho nitro benzene ring substituents is 1. The van der Waals surface area contributed by atoms with E-state index in [1.54, 1.807) is 18.3 Å². The first-order valence-corrected chi connectivity index (χ1v) is 6.24. The highest BCUT2D eigenvalue weighted by atomic mass is 16.6. The molecular formula is C13H17N3O2. The third kappa shape index (κ3) is 3.63. The summed E-state index contributed by atoms with van der Waals surface area (Å²) < 4.78 is 0. The fourth-order valence-electron chi connectivity index (χ4n) is 2.04. The van der Waals surface area contributed by atoms with Gasteiger partial charge in [-0.2, -0.15) is 0 Å². The van der Waals surface area contributed by atoms with Gasteiger partial charge in [0.2, 0.25) is 0 Å². The Balaban J connectivity index is 2.03. The van der Waals surface area contributed by atoms with Crippen molar-refractivity contribution in [3.63, 3.8) is 0 Å². The van der Waals surface area contributed by atoms with E-state index in [0.717, 1.165) is 25.1 Å². The molecule has 96 valence electrons. The van der Waals surface area contributed by atoms with Gasteiger partial charge in [-0.3, -0.25) is 15.1 Å². The van der Waals surface area contributed by atoms with E-state index in [1.807, 2.05) is 6.07 Å². The van der Waals surface area contributed by atoms with Gasteiger partial charge in [0.05, 0.1) is 11.0 Å². The molecule has 1 fully saturated rings. The fraction of sp³-hybridized carbons (Fsp3) is 0.462. The van der Waals surface area contributed by atoms with E-state index in [1.165, 1.54) is 18.9 Å². The predicted molar refractivity (Wildman–Crippen MR) is 71.2 cm³/mol. The maximum Gasteiger partial charge on any atom is 0.270 e. The number of hydrogen-bond donors (Lipinski definition) is 1. The lowest BCUT2D eigenvalue weighted by Crippen LogP contribution is -2.23. The topological polar surface area (TPSA) is 67.5 Å². The van der Waals surface area contributed by atoms with Crippen molar-refractivity contribution in [3.8, 4) is 0 Å². The van der Waals surface area contributed by atoms with Crippen LogP contribution >= 0.6 is 0 Å². The number of nitro groups is 1. The van der Waals surface area contributed by atoms with E-state index in [2.05, 4.69) is 10.3 Å². The van der Waals surface area contributed by atoms with Crippen LogP contribution in [-0.4, -0.2) is 30.3 Å². The lowest BCUT2D eigenvalue weighted by Gasteiger charge is -2.07. The van der Waals surface area contributed by atoms with E-state index in [0.29, 0.717) is 0 Å². The summed E-state index contributed by atoms with van der Waals surface area (Å²) >= 11 is 0. The fourth-order valence-corrected chi connectivity index (χ4v) is 2.04. The summed E-state index contributed by atoms with van der Waals surface area (Å²) in [5, 5.41) is 14.0. The van der Waals surface area contributed by atoms with E-state index in [9.17, 15) is 10.1 Å². The summed E-state index contributed by atoms with van der Waals surface area (Å²) in [6.45, 7) is 1.95. The second-order valence-corrected chi connectivity index (χ2v) is 4.48. The molecule has 1 aliphatic rings. The highest BCUT2D eigenvalue weighted by molar-refractivity contribution is 5.80. The first kappa shape index (κ1) is 12.7.